The summed E-state index contributed by atoms with van der Waals surface area (Å²) in [6.45, 7) is 8.87. The molecule has 0 radical (unpaired) electrons. The summed E-state index contributed by atoms with van der Waals surface area (Å²) in [6, 6.07) is 0. The van der Waals surface area contributed by atoms with E-state index >= 15 is 0 Å². The highest BCUT2D eigenvalue weighted by molar-refractivity contribution is 5.75. The van der Waals surface area contributed by atoms with Crippen molar-refractivity contribution in [3.8, 4) is 0 Å². The molecule has 0 aliphatic heterocycles. The molecule has 0 N–H and O–H groups in total. The molecule has 1 unspecified atom stereocenters. The molecule has 0 rings (SSSR count). The van der Waals surface area contributed by atoms with E-state index in [2.05, 4.69) is 27.7 Å². The maximum Gasteiger partial charge on any atom is 0.308 e. The first kappa shape index (κ1) is 17.4. The Morgan fingerprint density at radius 1 is 1.27 bits per heavy atom. The van der Waals surface area contributed by atoms with Crippen LogP contribution in [-0.2, 0) is 9.53 Å². The molecule has 0 aliphatic rings. The second-order valence-corrected chi connectivity index (χ2v) is 4.27. The fourth-order valence-electron chi connectivity index (χ4n) is 1.31. The van der Waals surface area contributed by atoms with E-state index < -0.39 is 0 Å². The SMILES string of the molecule is CCCCC(CC)C(=O)OCC(C)C.[AlH3]. The van der Waals surface area contributed by atoms with Crippen LogP contribution in [0.15, 0.2) is 0 Å². The lowest BCUT2D eigenvalue weighted by Crippen LogP contribution is -2.19. The molecule has 3 heteroatoms. The van der Waals surface area contributed by atoms with Crippen molar-refractivity contribution in [2.45, 2.75) is 53.4 Å². The van der Waals surface area contributed by atoms with Crippen LogP contribution in [0.3, 0.4) is 0 Å². The molecule has 90 valence electrons. The summed E-state index contributed by atoms with van der Waals surface area (Å²) in [5, 5.41) is 0. The molecule has 0 aromatic carbocycles. The van der Waals surface area contributed by atoms with Crippen LogP contribution in [0, 0.1) is 11.8 Å². The van der Waals surface area contributed by atoms with Gasteiger partial charge in [-0.15, -0.1) is 0 Å². The molecule has 0 saturated carbocycles. The summed E-state index contributed by atoms with van der Waals surface area (Å²) in [6.07, 6.45) is 4.14. The number of esters is 1. The number of carbonyl (C=O) groups is 1. The van der Waals surface area contributed by atoms with Gasteiger partial charge in [0.2, 0.25) is 0 Å². The quantitative estimate of drug-likeness (QED) is 0.495. The van der Waals surface area contributed by atoms with Gasteiger partial charge in [0.05, 0.1) is 12.5 Å². The van der Waals surface area contributed by atoms with Gasteiger partial charge in [0.25, 0.3) is 0 Å². The first-order valence-electron chi connectivity index (χ1n) is 5.78. The molecule has 0 aliphatic carbocycles. The number of rotatable bonds is 7. The Kier molecular flexibility index (Phi) is 12.2. The predicted molar refractivity (Wildman–Crippen MR) is 69.0 cm³/mol. The zero-order chi connectivity index (χ0) is 11.0. The zero-order valence-corrected chi connectivity index (χ0v) is 10.0. The summed E-state index contributed by atoms with van der Waals surface area (Å²) in [4.78, 5) is 11.6. The van der Waals surface area contributed by atoms with Crippen molar-refractivity contribution in [3.63, 3.8) is 0 Å². The standard InChI is InChI=1S/C12H24O2.Al.3H/c1-5-7-8-11(6-2)12(13)14-9-10(3)4;;;;/h10-11H,5-9H2,1-4H3;;;;. The second kappa shape index (κ2) is 10.5. The summed E-state index contributed by atoms with van der Waals surface area (Å²) in [5.74, 6) is 0.547. The third-order valence-corrected chi connectivity index (χ3v) is 2.29. The van der Waals surface area contributed by atoms with Crippen molar-refractivity contribution in [2.75, 3.05) is 6.61 Å². The monoisotopic (exact) mass is 230 g/mol. The summed E-state index contributed by atoms with van der Waals surface area (Å²) >= 11 is 0. The summed E-state index contributed by atoms with van der Waals surface area (Å²) in [7, 11) is 0. The van der Waals surface area contributed by atoms with Crippen molar-refractivity contribution in [1.82, 2.24) is 0 Å². The van der Waals surface area contributed by atoms with Crippen LogP contribution in [0.1, 0.15) is 53.4 Å². The molecule has 2 nitrogen and oxygen atoms in total. The van der Waals surface area contributed by atoms with Gasteiger partial charge in [-0.05, 0) is 18.8 Å². The largest absolute Gasteiger partial charge is 0.465 e. The lowest BCUT2D eigenvalue weighted by molar-refractivity contribution is -0.150. The number of unbranched alkanes of at least 4 members (excludes halogenated alkanes) is 1. The van der Waals surface area contributed by atoms with Gasteiger partial charge in [-0.1, -0.05) is 40.5 Å². The highest BCUT2D eigenvalue weighted by Crippen LogP contribution is 2.14. The molecule has 15 heavy (non-hydrogen) atoms. The Morgan fingerprint density at radius 3 is 2.27 bits per heavy atom. The van der Waals surface area contributed by atoms with E-state index in [1.807, 2.05) is 0 Å². The Balaban J connectivity index is 0. The van der Waals surface area contributed by atoms with Crippen molar-refractivity contribution >= 4 is 23.3 Å². The zero-order valence-electron chi connectivity index (χ0n) is 10.0. The molecule has 0 spiro atoms. The number of carbonyl (C=O) groups excluding carboxylic acids is 1. The van der Waals surface area contributed by atoms with Gasteiger partial charge in [-0.25, -0.2) is 0 Å². The van der Waals surface area contributed by atoms with Gasteiger partial charge in [0, 0.05) is 0 Å². The molecule has 0 aromatic heterocycles. The second-order valence-electron chi connectivity index (χ2n) is 4.27. The van der Waals surface area contributed by atoms with E-state index in [-0.39, 0.29) is 29.2 Å². The van der Waals surface area contributed by atoms with Gasteiger partial charge < -0.3 is 4.74 Å². The van der Waals surface area contributed by atoms with Crippen molar-refractivity contribution < 1.29 is 9.53 Å². The van der Waals surface area contributed by atoms with Crippen LogP contribution in [0.25, 0.3) is 0 Å². The minimum absolute atomic E-state index is 0. The molecular formula is C12H27AlO2. The van der Waals surface area contributed by atoms with Crippen molar-refractivity contribution in [2.24, 2.45) is 11.8 Å². The maximum absolute atomic E-state index is 11.6. The van der Waals surface area contributed by atoms with Crippen LogP contribution in [0.4, 0.5) is 0 Å². The van der Waals surface area contributed by atoms with E-state index in [1.54, 1.807) is 0 Å². The van der Waals surface area contributed by atoms with E-state index in [0.717, 1.165) is 25.7 Å². The molecule has 1 atom stereocenters. The molecule has 0 fully saturated rings. The highest BCUT2D eigenvalue weighted by atomic mass is 27.0. The number of hydrogen-bond donors (Lipinski definition) is 0. The average molecular weight is 230 g/mol. The fraction of sp³-hybridized carbons (Fsp3) is 0.917. The van der Waals surface area contributed by atoms with Gasteiger partial charge >= 0.3 is 5.97 Å². The van der Waals surface area contributed by atoms with E-state index in [0.29, 0.717) is 12.5 Å². The molecular weight excluding hydrogens is 203 g/mol. The lowest BCUT2D eigenvalue weighted by Gasteiger charge is -2.14. The smallest absolute Gasteiger partial charge is 0.308 e. The van der Waals surface area contributed by atoms with Gasteiger partial charge in [0.15, 0.2) is 17.4 Å². The van der Waals surface area contributed by atoms with Gasteiger partial charge in [-0.2, -0.15) is 0 Å². The summed E-state index contributed by atoms with van der Waals surface area (Å²) < 4.78 is 5.21. The first-order valence-corrected chi connectivity index (χ1v) is 5.78. The highest BCUT2D eigenvalue weighted by Gasteiger charge is 2.17. The lowest BCUT2D eigenvalue weighted by atomic mass is 10.00. The van der Waals surface area contributed by atoms with E-state index in [9.17, 15) is 4.79 Å². The Morgan fingerprint density at radius 2 is 1.87 bits per heavy atom. The van der Waals surface area contributed by atoms with Crippen LogP contribution in [0.5, 0.6) is 0 Å². The number of ether oxygens (including phenoxy) is 1. The maximum atomic E-state index is 11.6. The minimum atomic E-state index is -0.00495. The Labute approximate surface area is 105 Å². The van der Waals surface area contributed by atoms with E-state index in [1.165, 1.54) is 0 Å². The van der Waals surface area contributed by atoms with Crippen LogP contribution in [-0.4, -0.2) is 29.9 Å². The van der Waals surface area contributed by atoms with Gasteiger partial charge in [-0.3, -0.25) is 4.79 Å². The first-order chi connectivity index (χ1) is 6.61. The molecule has 0 amide bonds. The summed E-state index contributed by atoms with van der Waals surface area (Å²) in [5.41, 5.74) is 0. The van der Waals surface area contributed by atoms with Crippen molar-refractivity contribution in [1.29, 1.82) is 0 Å². The molecule has 0 aromatic rings. The normalized spacial score (nSPS) is 12.1. The third kappa shape index (κ3) is 8.96. The Bertz CT molecular complexity index is 158. The van der Waals surface area contributed by atoms with Gasteiger partial charge in [0.1, 0.15) is 0 Å². The Hall–Kier alpha value is 0.00247. The number of hydrogen-bond acceptors (Lipinski definition) is 2. The predicted octanol–water partition coefficient (Wildman–Crippen LogP) is 2.22. The van der Waals surface area contributed by atoms with Crippen molar-refractivity contribution in [3.05, 3.63) is 0 Å². The van der Waals surface area contributed by atoms with E-state index in [4.69, 9.17) is 4.74 Å². The third-order valence-electron chi connectivity index (χ3n) is 2.29. The molecule has 0 bridgehead atoms. The minimum Gasteiger partial charge on any atom is -0.465 e. The topological polar surface area (TPSA) is 26.3 Å². The average Bonchev–Trinajstić information content (AvgIpc) is 2.16. The van der Waals surface area contributed by atoms with Crippen LogP contribution < -0.4 is 0 Å². The molecule has 0 saturated heterocycles. The van der Waals surface area contributed by atoms with Crippen LogP contribution in [0.2, 0.25) is 0 Å². The van der Waals surface area contributed by atoms with Crippen LogP contribution >= 0.6 is 0 Å². The fourth-order valence-corrected chi connectivity index (χ4v) is 1.31. The molecule has 0 heterocycles.